The molecule has 0 saturated carbocycles. The molecule has 0 bridgehead atoms. The van der Waals surface area contributed by atoms with Gasteiger partial charge in [0.05, 0.1) is 6.04 Å². The molecule has 1 aliphatic heterocycles. The summed E-state index contributed by atoms with van der Waals surface area (Å²) in [6.07, 6.45) is 4.39. The van der Waals surface area contributed by atoms with Crippen LogP contribution in [-0.4, -0.2) is 21.2 Å². The first-order valence-corrected chi connectivity index (χ1v) is 10.2. The summed E-state index contributed by atoms with van der Waals surface area (Å²) in [7, 11) is 0. The molecule has 6 heteroatoms. The number of allylic oxidation sites excluding steroid dienone is 3. The molecule has 0 spiro atoms. The van der Waals surface area contributed by atoms with Gasteiger partial charge in [-0.25, -0.2) is 4.39 Å². The van der Waals surface area contributed by atoms with E-state index >= 15 is 0 Å². The van der Waals surface area contributed by atoms with Crippen molar-refractivity contribution in [2.75, 3.05) is 0 Å². The fourth-order valence-electron chi connectivity index (χ4n) is 3.86. The van der Waals surface area contributed by atoms with Gasteiger partial charge in [-0.1, -0.05) is 71.8 Å². The Morgan fingerprint density at radius 3 is 2.28 bits per heavy atom. The quantitative estimate of drug-likeness (QED) is 0.695. The van der Waals surface area contributed by atoms with Crippen molar-refractivity contribution < 1.29 is 9.18 Å². The third-order valence-corrected chi connectivity index (χ3v) is 6.25. The molecule has 0 fully saturated rings. The monoisotopic (exact) mass is 430 g/mol. The topological polar surface area (TPSA) is 46.3 Å². The van der Waals surface area contributed by atoms with Crippen LogP contribution in [-0.2, 0) is 17.9 Å². The molecule has 1 unspecified atom stereocenters. The lowest BCUT2D eigenvalue weighted by atomic mass is 9.89. The Kier molecular flexibility index (Phi) is 5.52. The Bertz CT molecular complexity index is 973. The fourth-order valence-corrected chi connectivity index (χ4v) is 4.43. The van der Waals surface area contributed by atoms with Crippen LogP contribution >= 0.6 is 23.2 Å². The van der Waals surface area contributed by atoms with Crippen LogP contribution in [0, 0.1) is 5.82 Å². The van der Waals surface area contributed by atoms with Crippen molar-refractivity contribution in [3.05, 3.63) is 88.8 Å². The van der Waals surface area contributed by atoms with Crippen molar-refractivity contribution in [1.29, 1.82) is 0 Å². The Morgan fingerprint density at radius 2 is 1.69 bits per heavy atom. The molecule has 2 aliphatic rings. The molecular formula is C23H21Cl2FN2O. The number of carbonyl (C=O) groups is 1. The number of amides is 1. The molecule has 29 heavy (non-hydrogen) atoms. The van der Waals surface area contributed by atoms with Crippen LogP contribution in [0.15, 0.2) is 66.3 Å². The second-order valence-corrected chi connectivity index (χ2v) is 9.03. The van der Waals surface area contributed by atoms with E-state index in [2.05, 4.69) is 0 Å². The third-order valence-electron chi connectivity index (χ3n) is 5.49. The zero-order chi connectivity index (χ0) is 20.6. The molecular weight excluding hydrogens is 410 g/mol. The van der Waals surface area contributed by atoms with E-state index in [1.165, 1.54) is 12.1 Å². The number of alkyl halides is 2. The number of benzene rings is 2. The van der Waals surface area contributed by atoms with Crippen LogP contribution in [0.3, 0.4) is 0 Å². The summed E-state index contributed by atoms with van der Waals surface area (Å²) in [5.41, 5.74) is 11.0. The molecule has 2 aromatic rings. The highest BCUT2D eigenvalue weighted by Gasteiger charge is 2.36. The molecule has 150 valence electrons. The van der Waals surface area contributed by atoms with Gasteiger partial charge in [0.2, 0.25) is 5.91 Å². The van der Waals surface area contributed by atoms with Gasteiger partial charge in [0.1, 0.15) is 10.2 Å². The fraction of sp³-hybridized carbons (Fsp3) is 0.261. The number of hydrogen-bond donors (Lipinski definition) is 1. The van der Waals surface area contributed by atoms with E-state index in [0.717, 1.165) is 22.3 Å². The molecule has 0 aromatic heterocycles. The van der Waals surface area contributed by atoms with Crippen molar-refractivity contribution >= 4 is 34.7 Å². The van der Waals surface area contributed by atoms with E-state index in [4.69, 9.17) is 28.9 Å². The summed E-state index contributed by atoms with van der Waals surface area (Å²) in [4.78, 5) is 14.6. The molecule has 3 nitrogen and oxygen atoms in total. The minimum atomic E-state index is -1.16. The predicted molar refractivity (Wildman–Crippen MR) is 115 cm³/mol. The normalized spacial score (nSPS) is 18.7. The lowest BCUT2D eigenvalue weighted by Crippen LogP contribution is -2.42. The maximum atomic E-state index is 13.2. The number of hydrogen-bond acceptors (Lipinski definition) is 2. The minimum absolute atomic E-state index is 0.112. The average molecular weight is 431 g/mol. The number of fused-ring (bicyclic) bond motifs is 1. The molecule has 1 atom stereocenters. The van der Waals surface area contributed by atoms with Gasteiger partial charge >= 0.3 is 0 Å². The summed E-state index contributed by atoms with van der Waals surface area (Å²) in [6.45, 7) is 1.15. The van der Waals surface area contributed by atoms with E-state index in [9.17, 15) is 9.18 Å². The van der Waals surface area contributed by atoms with E-state index in [1.807, 2.05) is 36.4 Å². The van der Waals surface area contributed by atoms with E-state index in [0.29, 0.717) is 25.1 Å². The molecule has 2 aromatic carbocycles. The molecule has 0 radical (unpaired) electrons. The summed E-state index contributed by atoms with van der Waals surface area (Å²) in [5.74, 6) is -0.405. The maximum absolute atomic E-state index is 13.2. The van der Waals surface area contributed by atoms with Crippen molar-refractivity contribution in [3.63, 3.8) is 0 Å². The van der Waals surface area contributed by atoms with Gasteiger partial charge in [-0.2, -0.15) is 0 Å². The Balaban J connectivity index is 1.46. The summed E-state index contributed by atoms with van der Waals surface area (Å²) in [5, 5.41) is 0. The van der Waals surface area contributed by atoms with E-state index < -0.39 is 10.4 Å². The molecule has 4 rings (SSSR count). The smallest absolute Gasteiger partial charge is 0.240 e. The molecule has 0 saturated heterocycles. The Labute approximate surface area is 179 Å². The highest BCUT2D eigenvalue weighted by Crippen LogP contribution is 2.44. The van der Waals surface area contributed by atoms with Crippen molar-refractivity contribution in [2.45, 2.75) is 36.3 Å². The van der Waals surface area contributed by atoms with Crippen molar-refractivity contribution in [1.82, 2.24) is 4.90 Å². The first-order chi connectivity index (χ1) is 13.8. The van der Waals surface area contributed by atoms with Crippen molar-refractivity contribution in [2.24, 2.45) is 5.73 Å². The van der Waals surface area contributed by atoms with Gasteiger partial charge in [0, 0.05) is 19.5 Å². The Morgan fingerprint density at radius 1 is 1.07 bits per heavy atom. The van der Waals surface area contributed by atoms with Gasteiger partial charge in [-0.05, 0) is 46.4 Å². The van der Waals surface area contributed by atoms with Crippen LogP contribution in [0.4, 0.5) is 4.39 Å². The van der Waals surface area contributed by atoms with Crippen LogP contribution in [0.5, 0.6) is 0 Å². The number of halogens is 3. The average Bonchev–Trinajstić information content (AvgIpc) is 3.13. The zero-order valence-electron chi connectivity index (χ0n) is 15.7. The number of carbonyl (C=O) groups excluding carboxylic acids is 1. The van der Waals surface area contributed by atoms with Crippen LogP contribution < -0.4 is 5.73 Å². The second-order valence-electron chi connectivity index (χ2n) is 7.55. The van der Waals surface area contributed by atoms with E-state index in [-0.39, 0.29) is 18.1 Å². The van der Waals surface area contributed by atoms with E-state index in [1.54, 1.807) is 17.0 Å². The molecule has 1 aliphatic carbocycles. The SMILES string of the molecule is NC(CC1=CC=C(c2ccc(F)cc2)CC1(Cl)Cl)C(=O)N1Cc2ccccc2C1. The highest BCUT2D eigenvalue weighted by molar-refractivity contribution is 6.51. The van der Waals surface area contributed by atoms with Crippen LogP contribution in [0.2, 0.25) is 0 Å². The maximum Gasteiger partial charge on any atom is 0.240 e. The standard InChI is InChI=1S/C23H21Cl2FN2O/c24-23(25)12-16(15-6-9-20(26)10-7-15)5-8-19(23)11-21(27)22(29)28-13-17-3-1-2-4-18(17)14-28/h1-10,21H,11-14,27H2. The minimum Gasteiger partial charge on any atom is -0.333 e. The van der Waals surface area contributed by atoms with Gasteiger partial charge in [0.25, 0.3) is 0 Å². The molecule has 1 amide bonds. The van der Waals surface area contributed by atoms with Gasteiger partial charge in [-0.3, -0.25) is 4.79 Å². The molecule has 1 heterocycles. The van der Waals surface area contributed by atoms with Gasteiger partial charge < -0.3 is 10.6 Å². The number of rotatable bonds is 4. The van der Waals surface area contributed by atoms with Crippen LogP contribution in [0.1, 0.15) is 29.5 Å². The van der Waals surface area contributed by atoms with Gasteiger partial charge in [0.15, 0.2) is 0 Å². The first kappa shape index (κ1) is 20.1. The van der Waals surface area contributed by atoms with Gasteiger partial charge in [-0.15, -0.1) is 0 Å². The number of nitrogens with zero attached hydrogens (tertiary/aromatic N) is 1. The first-order valence-electron chi connectivity index (χ1n) is 9.48. The summed E-state index contributed by atoms with van der Waals surface area (Å²) >= 11 is 13.2. The second kappa shape index (κ2) is 7.94. The zero-order valence-corrected chi connectivity index (χ0v) is 17.3. The Hall–Kier alpha value is -2.14. The predicted octanol–water partition coefficient (Wildman–Crippen LogP) is 4.97. The lowest BCUT2D eigenvalue weighted by Gasteiger charge is -2.30. The largest absolute Gasteiger partial charge is 0.333 e. The van der Waals surface area contributed by atoms with Crippen LogP contribution in [0.25, 0.3) is 5.57 Å². The molecule has 2 N–H and O–H groups in total. The van der Waals surface area contributed by atoms with Crippen molar-refractivity contribution in [3.8, 4) is 0 Å². The highest BCUT2D eigenvalue weighted by atomic mass is 35.5. The lowest BCUT2D eigenvalue weighted by molar-refractivity contribution is -0.133. The third kappa shape index (κ3) is 4.25. The summed E-state index contributed by atoms with van der Waals surface area (Å²) < 4.78 is 12.0. The summed E-state index contributed by atoms with van der Waals surface area (Å²) in [6, 6.07) is 13.5. The number of nitrogens with two attached hydrogens (primary N) is 1.